The number of fused-ring (bicyclic) bond motifs is 1. The number of aromatic nitrogens is 4. The minimum absolute atomic E-state index is 0.00143. The number of nitrogen functional groups attached to an aromatic ring is 1. The predicted molar refractivity (Wildman–Crippen MR) is 230 cm³/mol. The van der Waals surface area contributed by atoms with Gasteiger partial charge in [0.15, 0.2) is 17.7 Å². The molecule has 0 spiro atoms. The van der Waals surface area contributed by atoms with Crippen molar-refractivity contribution in [2.45, 2.75) is 99.3 Å². The second kappa shape index (κ2) is 21.1. The molecule has 348 valence electrons. The molecule has 36 heteroatoms. The minimum atomic E-state index is -5.40. The molecule has 0 saturated carbocycles. The summed E-state index contributed by atoms with van der Waals surface area (Å²) in [6, 6.07) is -1.18. The lowest BCUT2D eigenvalue weighted by Gasteiger charge is -2.25. The number of nitrogens with zero attached hydrogens (tertiary/aromatic N) is 4. The summed E-state index contributed by atoms with van der Waals surface area (Å²) in [6.07, 6.45) is -5.71. The largest absolute Gasteiger partial charge is 0.481 e. The van der Waals surface area contributed by atoms with Crippen LogP contribution in [0, 0.1) is 5.92 Å². The zero-order valence-electron chi connectivity index (χ0n) is 35.3. The lowest BCUT2D eigenvalue weighted by atomic mass is 9.16. The smallest absolute Gasteiger partial charge is 0.388 e. The molecule has 2 aromatic heterocycles. The van der Waals surface area contributed by atoms with Gasteiger partial charge >= 0.3 is 31.3 Å². The Morgan fingerprint density at radius 3 is 1.95 bits per heavy atom. The Hall–Kier alpha value is -1.02. The number of aliphatic hydroxyl groups excluding tert-OH is 1. The van der Waals surface area contributed by atoms with Crippen LogP contribution in [0.25, 0.3) is 11.2 Å². The van der Waals surface area contributed by atoms with Crippen LogP contribution in [0.15, 0.2) is 12.7 Å². The van der Waals surface area contributed by atoms with Crippen molar-refractivity contribution in [1.82, 2.24) is 19.5 Å². The van der Waals surface area contributed by atoms with E-state index in [4.69, 9.17) is 56.6 Å². The summed E-state index contributed by atoms with van der Waals surface area (Å²) >= 11 is 0. The van der Waals surface area contributed by atoms with Crippen molar-refractivity contribution in [2.24, 2.45) is 5.92 Å². The number of methoxy groups -OCH3 is 1. The van der Waals surface area contributed by atoms with Gasteiger partial charge in [0.05, 0.1) is 80.4 Å². The van der Waals surface area contributed by atoms with Gasteiger partial charge < -0.3 is 54.1 Å². The molecule has 6 rings (SSSR count). The van der Waals surface area contributed by atoms with Crippen LogP contribution in [0.1, 0.15) is 32.4 Å². The van der Waals surface area contributed by atoms with E-state index >= 15 is 0 Å². The zero-order chi connectivity index (χ0) is 46.1. The van der Waals surface area contributed by atoms with Crippen molar-refractivity contribution in [3.05, 3.63) is 12.7 Å². The highest BCUT2D eigenvalue weighted by molar-refractivity contribution is 7.61. The van der Waals surface area contributed by atoms with E-state index in [1.54, 1.807) is 22.4 Å². The Labute approximate surface area is 366 Å². The number of imidazole rings is 1. The first-order chi connectivity index (χ1) is 29.5. The number of phosphoric ester groups is 4. The number of hydrogen-bond acceptors (Lipinski definition) is 21. The van der Waals surface area contributed by atoms with Crippen LogP contribution in [0.4, 0.5) is 5.82 Å². The Morgan fingerprint density at radius 1 is 0.810 bits per heavy atom. The number of anilines is 1. The van der Waals surface area contributed by atoms with E-state index in [0.29, 0.717) is 13.6 Å². The van der Waals surface area contributed by atoms with Gasteiger partial charge in [-0.05, 0) is 19.3 Å². The van der Waals surface area contributed by atoms with Crippen LogP contribution in [0.5, 0.6) is 0 Å². The molecule has 63 heavy (non-hydrogen) atoms. The quantitative estimate of drug-likeness (QED) is 0.0482. The van der Waals surface area contributed by atoms with Crippen molar-refractivity contribution >= 4 is 93.0 Å². The Morgan fingerprint density at radius 2 is 1.37 bits per heavy atom. The molecule has 0 aromatic carbocycles. The van der Waals surface area contributed by atoms with Gasteiger partial charge in [-0.3, -0.25) is 31.7 Å². The normalized spacial score (nSPS) is 36.1. The van der Waals surface area contributed by atoms with Crippen LogP contribution in [0.3, 0.4) is 0 Å². The maximum Gasteiger partial charge on any atom is 0.481 e. The lowest BCUT2D eigenvalue weighted by molar-refractivity contribution is -0.0488. The topological polar surface area (TPSA) is 350 Å². The van der Waals surface area contributed by atoms with E-state index < -0.39 is 118 Å². The van der Waals surface area contributed by atoms with E-state index in [1.165, 1.54) is 24.3 Å². The van der Waals surface area contributed by atoms with Crippen LogP contribution in [-0.4, -0.2) is 189 Å². The average Bonchev–Trinajstić information content (AvgIpc) is 4.03. The average molecular weight is 970 g/mol. The predicted octanol–water partition coefficient (Wildman–Crippen LogP) is -4.13. The van der Waals surface area contributed by atoms with Gasteiger partial charge in [-0.25, -0.2) is 33.2 Å². The summed E-state index contributed by atoms with van der Waals surface area (Å²) in [5.41, 5.74) is 6.37. The number of ether oxygens (including phenoxy) is 5. The molecule has 4 aliphatic rings. The fourth-order valence-corrected chi connectivity index (χ4v) is 11.7. The molecule has 7 N–H and O–H groups in total. The highest BCUT2D eigenvalue weighted by atomic mass is 31.3. The van der Waals surface area contributed by atoms with Crippen molar-refractivity contribution in [1.29, 1.82) is 0 Å². The third-order valence-electron chi connectivity index (χ3n) is 11.1. The summed E-state index contributed by atoms with van der Waals surface area (Å²) in [5.74, 6) is -0.591. The molecule has 2 aromatic rings. The second-order valence-electron chi connectivity index (χ2n) is 16.1. The van der Waals surface area contributed by atoms with Crippen molar-refractivity contribution in [3.8, 4) is 0 Å². The molecule has 6 heterocycles. The Bertz CT molecular complexity index is 2080. The van der Waals surface area contributed by atoms with Crippen LogP contribution in [0.2, 0.25) is 0 Å². The molecule has 26 nitrogen and oxygen atoms in total. The van der Waals surface area contributed by atoms with Gasteiger partial charge in [-0.2, -0.15) is 4.31 Å². The van der Waals surface area contributed by atoms with E-state index in [9.17, 15) is 42.9 Å². The Kier molecular flexibility index (Phi) is 17.2. The highest BCUT2D eigenvalue weighted by Gasteiger charge is 2.48. The van der Waals surface area contributed by atoms with Crippen molar-refractivity contribution in [2.75, 3.05) is 39.3 Å². The van der Waals surface area contributed by atoms with E-state index in [1.807, 2.05) is 15.6 Å². The van der Waals surface area contributed by atoms with Crippen LogP contribution in [-0.2, 0) is 73.4 Å². The van der Waals surface area contributed by atoms with E-state index in [0.717, 1.165) is 0 Å². The SMILES string of the molecule is BBC1CC(OP(=O)(O)OCC2OC(B)CC2OC)C(COP(=O)(O)OC2CC(B(B)B)OC2COP(=O)(O)OP(=O)(O)OCC2OC(n3cnc4c(N)ncnc43)C(O)C2C)O1. The second-order valence-corrected chi connectivity index (χ2v) is 21.9. The number of phosphoric acid groups is 4. The summed E-state index contributed by atoms with van der Waals surface area (Å²) in [7, 11) is -11.2. The fourth-order valence-electron chi connectivity index (χ4n) is 7.66. The monoisotopic (exact) mass is 971 g/mol. The van der Waals surface area contributed by atoms with Crippen molar-refractivity contribution in [3.63, 3.8) is 0 Å². The number of nitrogens with two attached hydrogens (primary N) is 1. The first-order valence-electron chi connectivity index (χ1n) is 20.2. The summed E-state index contributed by atoms with van der Waals surface area (Å²) < 4.78 is 118. The first kappa shape index (κ1) is 51.4. The third-order valence-corrected chi connectivity index (χ3v) is 15.8. The molecule has 0 bridgehead atoms. The lowest BCUT2D eigenvalue weighted by Crippen LogP contribution is -2.33. The highest BCUT2D eigenvalue weighted by Crippen LogP contribution is 2.61. The van der Waals surface area contributed by atoms with Gasteiger partial charge in [-0.1, -0.05) is 6.92 Å². The molecule has 4 saturated heterocycles. The molecule has 17 unspecified atom stereocenters. The number of aliphatic hydroxyl groups is 1. The van der Waals surface area contributed by atoms with Crippen LogP contribution >= 0.6 is 31.3 Å². The third kappa shape index (κ3) is 13.4. The molecular weight excluding hydrogens is 919 g/mol. The molecule has 4 fully saturated rings. The standard InChI is InChI=1S/C27H51B6N5O21P4/c1-12-16(56-27(24(12)39)38-11-37-23-25(34)35-10-36-26(23)38)6-51-62(44,45)59-63(46,47)52-9-19-15(5-22(55-19)33(30)31)58-61(42,43)50-8-18-14(4-21(32-29)54-18)57-60(40,41)49-7-17-13(48-2)3-20(28)53-17/h10-22,24,27,32,39H,3-9,28-31H2,1-2H3,(H,40,41)(H,42,43)(H,44,45)(H,46,47)(H2,34,35,36). The summed E-state index contributed by atoms with van der Waals surface area (Å²) in [6.45, 7) is -0.999. The minimum Gasteiger partial charge on any atom is -0.388 e. The fraction of sp³-hybridized carbons (Fsp3) is 0.815. The molecule has 0 aliphatic carbocycles. The van der Waals surface area contributed by atoms with Gasteiger partial charge in [-0.15, -0.1) is 0 Å². The maximum absolute atomic E-state index is 13.3. The molecule has 17 atom stereocenters. The van der Waals surface area contributed by atoms with Gasteiger partial charge in [0, 0.05) is 31.0 Å². The number of rotatable bonds is 22. The zero-order valence-corrected chi connectivity index (χ0v) is 38.9. The Balaban J connectivity index is 0.999. The summed E-state index contributed by atoms with van der Waals surface area (Å²) in [5, 5.41) is 10.9. The number of hydrogen-bond donors (Lipinski definition) is 6. The maximum atomic E-state index is 13.3. The van der Waals surface area contributed by atoms with Gasteiger partial charge in [0.25, 0.3) is 0 Å². The first-order valence-corrected chi connectivity index (χ1v) is 26.2. The summed E-state index contributed by atoms with van der Waals surface area (Å²) in [4.78, 5) is 54.3. The van der Waals surface area contributed by atoms with Gasteiger partial charge in [0.2, 0.25) is 0 Å². The molecule has 0 radical (unpaired) electrons. The van der Waals surface area contributed by atoms with Crippen molar-refractivity contribution < 1.29 is 98.1 Å². The van der Waals surface area contributed by atoms with E-state index in [2.05, 4.69) is 19.3 Å². The molecular formula is C27H51B6N5O21P4. The van der Waals surface area contributed by atoms with E-state index in [-0.39, 0.29) is 55.0 Å². The molecule has 4 aliphatic heterocycles. The van der Waals surface area contributed by atoms with Crippen LogP contribution < -0.4 is 5.73 Å². The van der Waals surface area contributed by atoms with Gasteiger partial charge in [0.1, 0.15) is 57.8 Å². The molecule has 0 amide bonds.